The molecular formula is C14H27NO2. The summed E-state index contributed by atoms with van der Waals surface area (Å²) in [4.78, 5) is 0. The minimum Gasteiger partial charge on any atom is -0.396 e. The van der Waals surface area contributed by atoms with Gasteiger partial charge >= 0.3 is 0 Å². The molecule has 1 aliphatic heterocycles. The van der Waals surface area contributed by atoms with E-state index in [1.54, 1.807) is 0 Å². The molecule has 1 aliphatic carbocycles. The van der Waals surface area contributed by atoms with E-state index in [0.29, 0.717) is 6.04 Å². The predicted molar refractivity (Wildman–Crippen MR) is 69.1 cm³/mol. The highest BCUT2D eigenvalue weighted by Crippen LogP contribution is 2.40. The number of rotatable bonds is 4. The maximum Gasteiger partial charge on any atom is 0.0697 e. The lowest BCUT2D eigenvalue weighted by Gasteiger charge is -2.42. The van der Waals surface area contributed by atoms with Gasteiger partial charge in [-0.25, -0.2) is 0 Å². The van der Waals surface area contributed by atoms with Crippen molar-refractivity contribution in [3.8, 4) is 0 Å². The first-order valence-corrected chi connectivity index (χ1v) is 7.08. The normalized spacial score (nSPS) is 28.8. The Labute approximate surface area is 105 Å². The van der Waals surface area contributed by atoms with E-state index in [9.17, 15) is 0 Å². The molecule has 0 bridgehead atoms. The molecule has 0 radical (unpaired) electrons. The molecule has 2 rings (SSSR count). The average Bonchev–Trinajstić information content (AvgIpc) is 2.65. The predicted octanol–water partition coefficient (Wildman–Crippen LogP) is 2.23. The lowest BCUT2D eigenvalue weighted by atomic mass is 9.87. The van der Waals surface area contributed by atoms with Gasteiger partial charge in [-0.2, -0.15) is 0 Å². The highest BCUT2D eigenvalue weighted by Gasteiger charge is 2.40. The van der Waals surface area contributed by atoms with Gasteiger partial charge in [0.2, 0.25) is 0 Å². The molecule has 1 unspecified atom stereocenters. The van der Waals surface area contributed by atoms with E-state index in [1.165, 1.54) is 25.7 Å². The summed E-state index contributed by atoms with van der Waals surface area (Å²) in [6.07, 6.45) is 8.21. The van der Waals surface area contributed by atoms with Crippen molar-refractivity contribution in [3.63, 3.8) is 0 Å². The monoisotopic (exact) mass is 241 g/mol. The van der Waals surface area contributed by atoms with E-state index >= 15 is 0 Å². The van der Waals surface area contributed by atoms with Gasteiger partial charge in [-0.3, -0.25) is 0 Å². The van der Waals surface area contributed by atoms with E-state index in [1.807, 2.05) is 0 Å². The number of nitrogens with one attached hydrogen (secondary N) is 1. The fraction of sp³-hybridized carbons (Fsp3) is 1.00. The fourth-order valence-corrected chi connectivity index (χ4v) is 3.42. The maximum absolute atomic E-state index is 9.07. The highest BCUT2D eigenvalue weighted by atomic mass is 16.5. The zero-order valence-electron chi connectivity index (χ0n) is 11.3. The van der Waals surface area contributed by atoms with Crippen LogP contribution in [-0.2, 0) is 4.74 Å². The molecule has 0 aromatic heterocycles. The zero-order chi connectivity index (χ0) is 12.4. The summed E-state index contributed by atoms with van der Waals surface area (Å²) in [5, 5.41) is 12.8. The second-order valence-corrected chi connectivity index (χ2v) is 6.43. The molecule has 0 aromatic carbocycles. The summed E-state index contributed by atoms with van der Waals surface area (Å²) in [5.74, 6) is 0. The topological polar surface area (TPSA) is 41.5 Å². The summed E-state index contributed by atoms with van der Waals surface area (Å²) in [6, 6.07) is 0.559. The molecule has 17 heavy (non-hydrogen) atoms. The largest absolute Gasteiger partial charge is 0.396 e. The van der Waals surface area contributed by atoms with Crippen molar-refractivity contribution in [1.82, 2.24) is 5.32 Å². The van der Waals surface area contributed by atoms with Gasteiger partial charge in [0.25, 0.3) is 0 Å². The number of aliphatic hydroxyl groups excluding tert-OH is 1. The van der Waals surface area contributed by atoms with Crippen molar-refractivity contribution in [1.29, 1.82) is 0 Å². The van der Waals surface area contributed by atoms with Crippen LogP contribution < -0.4 is 5.32 Å². The summed E-state index contributed by atoms with van der Waals surface area (Å²) < 4.78 is 6.04. The summed E-state index contributed by atoms with van der Waals surface area (Å²) >= 11 is 0. The van der Waals surface area contributed by atoms with Gasteiger partial charge in [-0.1, -0.05) is 12.8 Å². The molecule has 1 saturated carbocycles. The second-order valence-electron chi connectivity index (χ2n) is 6.43. The lowest BCUT2D eigenvalue weighted by molar-refractivity contribution is -0.0865. The van der Waals surface area contributed by atoms with Crippen LogP contribution in [0.3, 0.4) is 0 Å². The third-order valence-corrected chi connectivity index (χ3v) is 4.34. The first kappa shape index (κ1) is 13.3. The molecule has 1 spiro atoms. The van der Waals surface area contributed by atoms with E-state index < -0.39 is 0 Å². The van der Waals surface area contributed by atoms with Crippen LogP contribution in [0.5, 0.6) is 0 Å². The third kappa shape index (κ3) is 3.43. The lowest BCUT2D eigenvalue weighted by Crippen LogP contribution is -2.52. The molecule has 3 heteroatoms. The van der Waals surface area contributed by atoms with Crippen molar-refractivity contribution in [2.24, 2.45) is 0 Å². The van der Waals surface area contributed by atoms with Crippen molar-refractivity contribution in [2.45, 2.75) is 76.0 Å². The minimum absolute atomic E-state index is 0.0382. The minimum atomic E-state index is 0.0382. The molecule has 100 valence electrons. The fourth-order valence-electron chi connectivity index (χ4n) is 3.42. The summed E-state index contributed by atoms with van der Waals surface area (Å²) in [6.45, 7) is 5.52. The van der Waals surface area contributed by atoms with Gasteiger partial charge in [0, 0.05) is 24.8 Å². The van der Waals surface area contributed by atoms with E-state index in [0.717, 1.165) is 25.9 Å². The van der Waals surface area contributed by atoms with Crippen LogP contribution in [0, 0.1) is 0 Å². The molecule has 0 amide bonds. The molecule has 2 N–H and O–H groups in total. The van der Waals surface area contributed by atoms with Crippen molar-refractivity contribution in [3.05, 3.63) is 0 Å². The second kappa shape index (κ2) is 5.25. The number of aliphatic hydroxyl groups is 1. The van der Waals surface area contributed by atoms with E-state index in [-0.39, 0.29) is 17.7 Å². The van der Waals surface area contributed by atoms with Crippen LogP contribution >= 0.6 is 0 Å². The Morgan fingerprint density at radius 2 is 2.06 bits per heavy atom. The van der Waals surface area contributed by atoms with Crippen LogP contribution in [0.25, 0.3) is 0 Å². The SMILES string of the molecule is CC(C)(CCO)NC1CCOC2(CCCC2)C1. The van der Waals surface area contributed by atoms with Crippen LogP contribution in [0.15, 0.2) is 0 Å². The quantitative estimate of drug-likeness (QED) is 0.793. The Hall–Kier alpha value is -0.120. The first-order chi connectivity index (χ1) is 8.05. The molecule has 3 nitrogen and oxygen atoms in total. The molecule has 1 atom stereocenters. The molecular weight excluding hydrogens is 214 g/mol. The Kier molecular flexibility index (Phi) is 4.11. The van der Waals surface area contributed by atoms with Gasteiger partial charge in [0.15, 0.2) is 0 Å². The van der Waals surface area contributed by atoms with Crippen molar-refractivity contribution >= 4 is 0 Å². The number of hydrogen-bond donors (Lipinski definition) is 2. The van der Waals surface area contributed by atoms with Crippen LogP contribution in [0.2, 0.25) is 0 Å². The van der Waals surface area contributed by atoms with Crippen LogP contribution in [-0.4, -0.2) is 35.5 Å². The van der Waals surface area contributed by atoms with Crippen LogP contribution in [0.4, 0.5) is 0 Å². The van der Waals surface area contributed by atoms with Crippen molar-refractivity contribution < 1.29 is 9.84 Å². The third-order valence-electron chi connectivity index (χ3n) is 4.34. The Bertz CT molecular complexity index is 247. The molecule has 2 fully saturated rings. The number of hydrogen-bond acceptors (Lipinski definition) is 3. The average molecular weight is 241 g/mol. The highest BCUT2D eigenvalue weighted by molar-refractivity contribution is 4.95. The van der Waals surface area contributed by atoms with Gasteiger partial charge < -0.3 is 15.2 Å². The Morgan fingerprint density at radius 3 is 2.71 bits per heavy atom. The van der Waals surface area contributed by atoms with Gasteiger partial charge in [0.1, 0.15) is 0 Å². The number of ether oxygens (including phenoxy) is 1. The molecule has 1 saturated heterocycles. The van der Waals surface area contributed by atoms with Gasteiger partial charge in [-0.05, 0) is 46.0 Å². The first-order valence-electron chi connectivity index (χ1n) is 7.08. The maximum atomic E-state index is 9.07. The smallest absolute Gasteiger partial charge is 0.0697 e. The van der Waals surface area contributed by atoms with Crippen LogP contribution in [0.1, 0.15) is 58.8 Å². The van der Waals surface area contributed by atoms with Gasteiger partial charge in [0.05, 0.1) is 5.60 Å². The molecule has 1 heterocycles. The Balaban J connectivity index is 1.89. The van der Waals surface area contributed by atoms with E-state index in [2.05, 4.69) is 19.2 Å². The standard InChI is InChI=1S/C14H27NO2/c1-13(2,8-9-16)15-12-5-10-17-14(11-12)6-3-4-7-14/h12,15-16H,3-11H2,1-2H3. The van der Waals surface area contributed by atoms with Crippen molar-refractivity contribution in [2.75, 3.05) is 13.2 Å². The summed E-state index contributed by atoms with van der Waals surface area (Å²) in [5.41, 5.74) is 0.224. The Morgan fingerprint density at radius 1 is 1.35 bits per heavy atom. The zero-order valence-corrected chi connectivity index (χ0v) is 11.3. The molecule has 2 aliphatic rings. The molecule has 0 aromatic rings. The van der Waals surface area contributed by atoms with Gasteiger partial charge in [-0.15, -0.1) is 0 Å². The summed E-state index contributed by atoms with van der Waals surface area (Å²) in [7, 11) is 0. The van der Waals surface area contributed by atoms with E-state index in [4.69, 9.17) is 9.84 Å².